The number of nitrogens with zero attached hydrogens (tertiary/aromatic N) is 2. The number of aryl methyl sites for hydroxylation is 1. The maximum Gasteiger partial charge on any atom is 0.211 e. The van der Waals surface area contributed by atoms with Crippen molar-refractivity contribution >= 4 is 10.0 Å². The zero-order valence-electron chi connectivity index (χ0n) is 8.40. The van der Waals surface area contributed by atoms with Crippen LogP contribution in [0.3, 0.4) is 0 Å². The summed E-state index contributed by atoms with van der Waals surface area (Å²) in [6.07, 6.45) is 4.06. The zero-order valence-corrected chi connectivity index (χ0v) is 9.21. The van der Waals surface area contributed by atoms with Crippen molar-refractivity contribution in [3.8, 4) is 0 Å². The molecule has 6 heteroatoms. The fourth-order valence-electron chi connectivity index (χ4n) is 1.10. The van der Waals surface area contributed by atoms with Crippen LogP contribution in [0.5, 0.6) is 0 Å². The second kappa shape index (κ2) is 4.56. The molecule has 0 aliphatic heterocycles. The van der Waals surface area contributed by atoms with Gasteiger partial charge < -0.3 is 0 Å². The van der Waals surface area contributed by atoms with E-state index in [1.54, 1.807) is 24.1 Å². The summed E-state index contributed by atoms with van der Waals surface area (Å²) < 4.78 is 26.7. The van der Waals surface area contributed by atoms with Gasteiger partial charge in [-0.1, -0.05) is 6.92 Å². The first-order valence-electron chi connectivity index (χ1n) is 4.48. The molecule has 1 heterocycles. The van der Waals surface area contributed by atoms with E-state index in [9.17, 15) is 8.42 Å². The Morgan fingerprint density at radius 1 is 1.57 bits per heavy atom. The van der Waals surface area contributed by atoms with Gasteiger partial charge >= 0.3 is 0 Å². The summed E-state index contributed by atoms with van der Waals surface area (Å²) in [5.41, 5.74) is 0.868. The Balaban J connectivity index is 2.48. The van der Waals surface area contributed by atoms with E-state index >= 15 is 0 Å². The molecule has 1 aromatic heterocycles. The van der Waals surface area contributed by atoms with Crippen LogP contribution in [-0.2, 0) is 23.6 Å². The molecular weight excluding hydrogens is 202 g/mol. The van der Waals surface area contributed by atoms with Crippen molar-refractivity contribution in [1.82, 2.24) is 14.5 Å². The molecular formula is C8H15N3O2S. The molecule has 0 bridgehead atoms. The van der Waals surface area contributed by atoms with Crippen molar-refractivity contribution < 1.29 is 8.42 Å². The van der Waals surface area contributed by atoms with Gasteiger partial charge in [0, 0.05) is 25.4 Å². The van der Waals surface area contributed by atoms with Crippen molar-refractivity contribution in [2.24, 2.45) is 7.05 Å². The van der Waals surface area contributed by atoms with E-state index in [-0.39, 0.29) is 5.75 Å². The highest BCUT2D eigenvalue weighted by Gasteiger charge is 2.08. The van der Waals surface area contributed by atoms with Gasteiger partial charge in [0.1, 0.15) is 0 Å². The molecule has 80 valence electrons. The van der Waals surface area contributed by atoms with E-state index in [0.29, 0.717) is 13.0 Å². The first-order chi connectivity index (χ1) is 6.53. The van der Waals surface area contributed by atoms with Crippen molar-refractivity contribution in [2.75, 3.05) is 5.75 Å². The average molecular weight is 217 g/mol. The van der Waals surface area contributed by atoms with Crippen LogP contribution in [0.1, 0.15) is 18.9 Å². The van der Waals surface area contributed by atoms with Gasteiger partial charge in [-0.2, -0.15) is 5.10 Å². The topological polar surface area (TPSA) is 64.0 Å². The summed E-state index contributed by atoms with van der Waals surface area (Å²) in [4.78, 5) is 0. The Kier molecular flexibility index (Phi) is 3.65. The lowest BCUT2D eigenvalue weighted by atomic mass is 10.4. The Hall–Kier alpha value is -0.880. The molecule has 0 saturated carbocycles. The third kappa shape index (κ3) is 3.47. The second-order valence-electron chi connectivity index (χ2n) is 3.16. The van der Waals surface area contributed by atoms with Crippen LogP contribution in [0.4, 0.5) is 0 Å². The predicted molar refractivity (Wildman–Crippen MR) is 54.1 cm³/mol. The van der Waals surface area contributed by atoms with E-state index < -0.39 is 10.0 Å². The van der Waals surface area contributed by atoms with E-state index in [1.165, 1.54) is 0 Å². The van der Waals surface area contributed by atoms with Crippen LogP contribution in [-0.4, -0.2) is 24.0 Å². The molecule has 0 atom stereocenters. The highest BCUT2D eigenvalue weighted by atomic mass is 32.2. The highest BCUT2D eigenvalue weighted by molar-refractivity contribution is 7.89. The minimum absolute atomic E-state index is 0.174. The Morgan fingerprint density at radius 3 is 2.79 bits per heavy atom. The van der Waals surface area contributed by atoms with E-state index in [4.69, 9.17) is 0 Å². The summed E-state index contributed by atoms with van der Waals surface area (Å²) in [5.74, 6) is 0.174. The number of aromatic nitrogens is 2. The van der Waals surface area contributed by atoms with Crippen molar-refractivity contribution in [2.45, 2.75) is 19.9 Å². The maximum absolute atomic E-state index is 11.3. The molecule has 0 unspecified atom stereocenters. The van der Waals surface area contributed by atoms with Crippen LogP contribution in [0.25, 0.3) is 0 Å². The fraction of sp³-hybridized carbons (Fsp3) is 0.625. The molecule has 0 spiro atoms. The van der Waals surface area contributed by atoms with Crippen molar-refractivity contribution in [1.29, 1.82) is 0 Å². The van der Waals surface area contributed by atoms with E-state index in [0.717, 1.165) is 5.56 Å². The molecule has 0 aromatic carbocycles. The molecule has 0 saturated heterocycles. The molecule has 0 aliphatic carbocycles. The average Bonchev–Trinajstić information content (AvgIpc) is 2.48. The molecule has 0 aliphatic rings. The second-order valence-corrected chi connectivity index (χ2v) is 5.09. The Labute approximate surface area is 84.2 Å². The van der Waals surface area contributed by atoms with Gasteiger partial charge in [0.25, 0.3) is 0 Å². The zero-order chi connectivity index (χ0) is 10.6. The van der Waals surface area contributed by atoms with Gasteiger partial charge in [-0.15, -0.1) is 0 Å². The number of nitrogens with one attached hydrogen (secondary N) is 1. The molecule has 1 rings (SSSR count). The summed E-state index contributed by atoms with van der Waals surface area (Å²) in [6.45, 7) is 2.15. The van der Waals surface area contributed by atoms with Gasteiger partial charge in [-0.05, 0) is 6.42 Å². The highest BCUT2D eigenvalue weighted by Crippen LogP contribution is 1.97. The molecule has 1 aromatic rings. The molecule has 1 N–H and O–H groups in total. The Morgan fingerprint density at radius 2 is 2.29 bits per heavy atom. The van der Waals surface area contributed by atoms with Crippen LogP contribution in [0.2, 0.25) is 0 Å². The van der Waals surface area contributed by atoms with Crippen molar-refractivity contribution in [3.63, 3.8) is 0 Å². The lowest BCUT2D eigenvalue weighted by molar-refractivity contribution is 0.580. The summed E-state index contributed by atoms with van der Waals surface area (Å²) >= 11 is 0. The van der Waals surface area contributed by atoms with Crippen LogP contribution >= 0.6 is 0 Å². The minimum Gasteiger partial charge on any atom is -0.275 e. The third-order valence-corrected chi connectivity index (χ3v) is 3.26. The largest absolute Gasteiger partial charge is 0.275 e. The standard InChI is InChI=1S/C8H15N3O2S/c1-3-4-14(12,13)10-6-8-5-9-11(2)7-8/h5,7,10H,3-4,6H2,1-2H3. The van der Waals surface area contributed by atoms with Gasteiger partial charge in [0.2, 0.25) is 10.0 Å². The fourth-order valence-corrected chi connectivity index (χ4v) is 2.17. The molecule has 0 fully saturated rings. The third-order valence-electron chi connectivity index (χ3n) is 1.73. The summed E-state index contributed by atoms with van der Waals surface area (Å²) in [6, 6.07) is 0. The number of hydrogen-bond acceptors (Lipinski definition) is 3. The molecule has 5 nitrogen and oxygen atoms in total. The monoisotopic (exact) mass is 217 g/mol. The molecule has 0 radical (unpaired) electrons. The van der Waals surface area contributed by atoms with Crippen molar-refractivity contribution in [3.05, 3.63) is 18.0 Å². The summed E-state index contributed by atoms with van der Waals surface area (Å²) in [5, 5.41) is 3.95. The number of sulfonamides is 1. The van der Waals surface area contributed by atoms with Crippen LogP contribution < -0.4 is 4.72 Å². The van der Waals surface area contributed by atoms with Gasteiger partial charge in [-0.3, -0.25) is 4.68 Å². The van der Waals surface area contributed by atoms with Gasteiger partial charge in [-0.25, -0.2) is 13.1 Å². The van der Waals surface area contributed by atoms with Gasteiger partial charge in [0.15, 0.2) is 0 Å². The lowest BCUT2D eigenvalue weighted by Gasteiger charge is -2.02. The quantitative estimate of drug-likeness (QED) is 0.769. The normalized spacial score (nSPS) is 11.9. The SMILES string of the molecule is CCCS(=O)(=O)NCc1cnn(C)c1. The number of rotatable bonds is 5. The van der Waals surface area contributed by atoms with Crippen LogP contribution in [0, 0.1) is 0 Å². The number of hydrogen-bond donors (Lipinski definition) is 1. The first-order valence-corrected chi connectivity index (χ1v) is 6.13. The minimum atomic E-state index is -3.11. The molecule has 0 amide bonds. The predicted octanol–water partition coefficient (Wildman–Crippen LogP) is 0.249. The smallest absolute Gasteiger partial charge is 0.211 e. The maximum atomic E-state index is 11.3. The van der Waals surface area contributed by atoms with E-state index in [1.807, 2.05) is 6.92 Å². The lowest BCUT2D eigenvalue weighted by Crippen LogP contribution is -2.25. The van der Waals surface area contributed by atoms with E-state index in [2.05, 4.69) is 9.82 Å². The van der Waals surface area contributed by atoms with Crippen LogP contribution in [0.15, 0.2) is 12.4 Å². The first kappa shape index (κ1) is 11.2. The molecule has 14 heavy (non-hydrogen) atoms. The Bertz CT molecular complexity index is 383. The van der Waals surface area contributed by atoms with Gasteiger partial charge in [0.05, 0.1) is 11.9 Å². The summed E-state index contributed by atoms with van der Waals surface area (Å²) in [7, 11) is -1.31.